The number of rotatable bonds is 5. The Morgan fingerprint density at radius 2 is 2.00 bits per heavy atom. The minimum atomic E-state index is -1.03. The van der Waals surface area contributed by atoms with Gasteiger partial charge in [0.1, 0.15) is 17.5 Å². The molecule has 2 amide bonds. The molecule has 2 saturated heterocycles. The predicted molar refractivity (Wildman–Crippen MR) is 93.9 cm³/mol. The highest BCUT2D eigenvalue weighted by Crippen LogP contribution is 2.50. The molecule has 0 spiro atoms. The fourth-order valence-electron chi connectivity index (χ4n) is 3.48. The van der Waals surface area contributed by atoms with Crippen molar-refractivity contribution in [1.29, 1.82) is 0 Å². The highest BCUT2D eigenvalue weighted by atomic mass is 32.2. The first-order valence-corrected chi connectivity index (χ1v) is 8.94. The number of carbonyl (C=O) groups is 3. The molecule has 1 aromatic rings. The summed E-state index contributed by atoms with van der Waals surface area (Å²) < 4.78 is -0.613. The number of β-lactam (4-membered cyclic amide) rings is 1. The number of carboxylic acid groups (broad SMARTS) is 1. The summed E-state index contributed by atoms with van der Waals surface area (Å²) in [5.74, 6) is -2.24. The van der Waals surface area contributed by atoms with Crippen molar-refractivity contribution in [3.63, 3.8) is 0 Å². The summed E-state index contributed by atoms with van der Waals surface area (Å²) >= 11 is 1.40. The van der Waals surface area contributed by atoms with Crippen LogP contribution in [-0.4, -0.2) is 56.5 Å². The maximum atomic E-state index is 12.6. The van der Waals surface area contributed by atoms with E-state index in [9.17, 15) is 19.5 Å². The number of carbonyl (C=O) groups excluding carboxylic acids is 2. The lowest BCUT2D eigenvalue weighted by Gasteiger charge is -2.44. The molecule has 0 saturated carbocycles. The third kappa shape index (κ3) is 2.89. The number of benzene rings is 1. The quantitative estimate of drug-likeness (QED) is 0.651. The number of aliphatic carboxylic acids is 1. The summed E-state index contributed by atoms with van der Waals surface area (Å²) in [7, 11) is 0. The van der Waals surface area contributed by atoms with Gasteiger partial charge in [0, 0.05) is 11.3 Å². The molecule has 2 aliphatic rings. The minimum absolute atomic E-state index is 0.127. The van der Waals surface area contributed by atoms with Crippen molar-refractivity contribution in [2.24, 2.45) is 5.73 Å². The number of hydrogen-bond donors (Lipinski definition) is 3. The summed E-state index contributed by atoms with van der Waals surface area (Å²) in [5.41, 5.74) is 6.53. The number of amides is 2. The molecule has 8 heteroatoms. The summed E-state index contributed by atoms with van der Waals surface area (Å²) in [6.07, 6.45) is 0. The molecule has 4 N–H and O–H groups in total. The third-order valence-electron chi connectivity index (χ3n) is 4.73. The molecule has 7 nitrogen and oxygen atoms in total. The Balaban J connectivity index is 1.74. The molecule has 4 atom stereocenters. The minimum Gasteiger partial charge on any atom is -0.480 e. The lowest BCUT2D eigenvalue weighted by atomic mass is 9.94. The summed E-state index contributed by atoms with van der Waals surface area (Å²) in [6, 6.07) is 7.55. The molecular formula is C17H21N3O4S. The van der Waals surface area contributed by atoms with E-state index >= 15 is 0 Å². The van der Waals surface area contributed by atoms with Gasteiger partial charge in [-0.3, -0.25) is 9.59 Å². The van der Waals surface area contributed by atoms with E-state index in [0.717, 1.165) is 5.56 Å². The van der Waals surface area contributed by atoms with E-state index < -0.39 is 28.7 Å². The van der Waals surface area contributed by atoms with E-state index in [0.29, 0.717) is 0 Å². The van der Waals surface area contributed by atoms with Crippen molar-refractivity contribution >= 4 is 29.5 Å². The van der Waals surface area contributed by atoms with Crippen LogP contribution in [0, 0.1) is 0 Å². The maximum Gasteiger partial charge on any atom is 0.327 e. The van der Waals surface area contributed by atoms with Crippen LogP contribution in [0.15, 0.2) is 30.3 Å². The Kier molecular flexibility index (Phi) is 4.51. The van der Waals surface area contributed by atoms with Crippen LogP contribution in [0.5, 0.6) is 0 Å². The van der Waals surface area contributed by atoms with Crippen molar-refractivity contribution < 1.29 is 19.5 Å². The number of hydrogen-bond acceptors (Lipinski definition) is 5. The Morgan fingerprint density at radius 3 is 2.56 bits per heavy atom. The molecule has 134 valence electrons. The number of nitrogens with two attached hydrogens (primary N) is 1. The Morgan fingerprint density at radius 1 is 1.36 bits per heavy atom. The number of nitrogens with one attached hydrogen (secondary N) is 1. The largest absolute Gasteiger partial charge is 0.480 e. The van der Waals surface area contributed by atoms with E-state index in [2.05, 4.69) is 5.32 Å². The van der Waals surface area contributed by atoms with Gasteiger partial charge >= 0.3 is 5.97 Å². The highest BCUT2D eigenvalue weighted by molar-refractivity contribution is 8.01. The second-order valence-electron chi connectivity index (χ2n) is 6.78. The van der Waals surface area contributed by atoms with Gasteiger partial charge in [0.15, 0.2) is 0 Å². The van der Waals surface area contributed by atoms with Crippen LogP contribution in [0.25, 0.3) is 0 Å². The molecular weight excluding hydrogens is 342 g/mol. The zero-order valence-corrected chi connectivity index (χ0v) is 14.8. The maximum absolute atomic E-state index is 12.6. The molecule has 0 aliphatic carbocycles. The van der Waals surface area contributed by atoms with Gasteiger partial charge in [0.2, 0.25) is 11.8 Å². The zero-order chi connectivity index (χ0) is 18.4. The van der Waals surface area contributed by atoms with E-state index in [1.165, 1.54) is 16.7 Å². The van der Waals surface area contributed by atoms with Crippen LogP contribution in [0.4, 0.5) is 0 Å². The van der Waals surface area contributed by atoms with Crippen LogP contribution >= 0.6 is 11.8 Å². The Labute approximate surface area is 149 Å². The molecule has 2 aliphatic heterocycles. The van der Waals surface area contributed by atoms with Crippen molar-refractivity contribution in [2.45, 2.75) is 42.0 Å². The normalized spacial score (nSPS) is 28.0. The van der Waals surface area contributed by atoms with Gasteiger partial charge in [-0.15, -0.1) is 11.8 Å². The SMILES string of the molecule is CC1(C)S[C@@H]2[C@H](NC(=O)C(CN)c3ccccc3)C(=O)N2[C@H]1C(=O)O. The second-order valence-corrected chi connectivity index (χ2v) is 8.55. The summed E-state index contributed by atoms with van der Waals surface area (Å²) in [4.78, 5) is 37.9. The molecule has 1 unspecified atom stereocenters. The van der Waals surface area contributed by atoms with Crippen molar-refractivity contribution in [1.82, 2.24) is 10.2 Å². The van der Waals surface area contributed by atoms with Crippen molar-refractivity contribution in [3.8, 4) is 0 Å². The van der Waals surface area contributed by atoms with E-state index in [4.69, 9.17) is 5.73 Å². The fraction of sp³-hybridized carbons (Fsp3) is 0.471. The summed E-state index contributed by atoms with van der Waals surface area (Å²) in [5, 5.41) is 11.8. The van der Waals surface area contributed by atoms with Gasteiger partial charge < -0.3 is 21.1 Å². The average Bonchev–Trinajstić information content (AvgIpc) is 2.82. The smallest absolute Gasteiger partial charge is 0.327 e. The van der Waals surface area contributed by atoms with Gasteiger partial charge in [-0.05, 0) is 19.4 Å². The molecule has 2 heterocycles. The lowest BCUT2D eigenvalue weighted by molar-refractivity contribution is -0.161. The number of carboxylic acids is 1. The lowest BCUT2D eigenvalue weighted by Crippen LogP contribution is -2.71. The van der Waals surface area contributed by atoms with Crippen molar-refractivity contribution in [2.75, 3.05) is 6.54 Å². The van der Waals surface area contributed by atoms with Crippen LogP contribution in [-0.2, 0) is 14.4 Å². The van der Waals surface area contributed by atoms with Gasteiger partial charge in [-0.2, -0.15) is 0 Å². The molecule has 0 aromatic heterocycles. The molecule has 3 rings (SSSR count). The molecule has 25 heavy (non-hydrogen) atoms. The third-order valence-corrected chi connectivity index (χ3v) is 6.30. The van der Waals surface area contributed by atoms with E-state index in [-0.39, 0.29) is 23.7 Å². The predicted octanol–water partition coefficient (Wildman–Crippen LogP) is 0.361. The summed E-state index contributed by atoms with van der Waals surface area (Å²) in [6.45, 7) is 3.72. The molecule has 2 fully saturated rings. The molecule has 1 aromatic carbocycles. The fourth-order valence-corrected chi connectivity index (χ4v) is 5.10. The number of nitrogens with zero attached hydrogens (tertiary/aromatic N) is 1. The topological polar surface area (TPSA) is 113 Å². The highest BCUT2D eigenvalue weighted by Gasteiger charge is 2.64. The first kappa shape index (κ1) is 17.8. The first-order valence-electron chi connectivity index (χ1n) is 8.06. The standard InChI is InChI=1S/C17H21N3O4S/c1-17(2)12(16(23)24)20-14(22)11(15(20)25-17)19-13(21)10(8-18)9-6-4-3-5-7-9/h3-7,10-12,15H,8,18H2,1-2H3,(H,19,21)(H,23,24)/t10?,11-,12+,15-/m1/s1. The number of thioether (sulfide) groups is 1. The Bertz CT molecular complexity index is 709. The van der Waals surface area contributed by atoms with Gasteiger partial charge in [-0.25, -0.2) is 4.79 Å². The van der Waals surface area contributed by atoms with Gasteiger partial charge in [0.25, 0.3) is 0 Å². The van der Waals surface area contributed by atoms with E-state index in [1.807, 2.05) is 30.3 Å². The molecule has 0 bridgehead atoms. The van der Waals surface area contributed by atoms with Crippen LogP contribution in [0.3, 0.4) is 0 Å². The zero-order valence-electron chi connectivity index (χ0n) is 14.0. The van der Waals surface area contributed by atoms with Crippen molar-refractivity contribution in [3.05, 3.63) is 35.9 Å². The van der Waals surface area contributed by atoms with Crippen LogP contribution in [0.2, 0.25) is 0 Å². The number of fused-ring (bicyclic) bond motifs is 1. The molecule has 0 radical (unpaired) electrons. The van der Waals surface area contributed by atoms with Gasteiger partial charge in [-0.1, -0.05) is 30.3 Å². The van der Waals surface area contributed by atoms with Gasteiger partial charge in [0.05, 0.1) is 5.92 Å². The van der Waals surface area contributed by atoms with Crippen LogP contribution in [0.1, 0.15) is 25.3 Å². The average molecular weight is 363 g/mol. The first-order chi connectivity index (χ1) is 11.8. The van der Waals surface area contributed by atoms with Crippen LogP contribution < -0.4 is 11.1 Å². The Hall–Kier alpha value is -2.06. The monoisotopic (exact) mass is 363 g/mol. The van der Waals surface area contributed by atoms with E-state index in [1.54, 1.807) is 13.8 Å². The second kappa shape index (κ2) is 6.34.